The SMILES string of the molecule is CCOc1ccc(S(=O)(=O)N2CCN(C(=O)CC)CC2)cc1F. The van der Waals surface area contributed by atoms with E-state index < -0.39 is 15.8 Å². The quantitative estimate of drug-likeness (QED) is 0.811. The molecule has 1 saturated heterocycles. The molecule has 0 aliphatic carbocycles. The van der Waals surface area contributed by atoms with Crippen LogP contribution in [0.25, 0.3) is 0 Å². The van der Waals surface area contributed by atoms with Crippen molar-refractivity contribution >= 4 is 15.9 Å². The summed E-state index contributed by atoms with van der Waals surface area (Å²) in [6.07, 6.45) is 0.400. The zero-order valence-corrected chi connectivity index (χ0v) is 14.1. The van der Waals surface area contributed by atoms with E-state index in [1.54, 1.807) is 18.7 Å². The molecule has 1 heterocycles. The molecule has 0 bridgehead atoms. The fourth-order valence-electron chi connectivity index (χ4n) is 2.47. The lowest BCUT2D eigenvalue weighted by Crippen LogP contribution is -2.50. The number of nitrogens with zero attached hydrogens (tertiary/aromatic N) is 2. The lowest BCUT2D eigenvalue weighted by atomic mass is 10.3. The van der Waals surface area contributed by atoms with Gasteiger partial charge in [-0.3, -0.25) is 4.79 Å². The normalized spacial score (nSPS) is 16.4. The lowest BCUT2D eigenvalue weighted by Gasteiger charge is -2.33. The number of sulfonamides is 1. The summed E-state index contributed by atoms with van der Waals surface area (Å²) in [4.78, 5) is 13.2. The fourth-order valence-corrected chi connectivity index (χ4v) is 3.90. The van der Waals surface area contributed by atoms with E-state index in [0.29, 0.717) is 26.1 Å². The third-order valence-electron chi connectivity index (χ3n) is 3.73. The molecular formula is C15H21FN2O4S. The van der Waals surface area contributed by atoms with E-state index in [1.807, 2.05) is 0 Å². The van der Waals surface area contributed by atoms with Gasteiger partial charge in [-0.15, -0.1) is 0 Å². The second-order valence-corrected chi connectivity index (χ2v) is 7.10. The first kappa shape index (κ1) is 17.7. The molecule has 0 atom stereocenters. The summed E-state index contributed by atoms with van der Waals surface area (Å²) in [5, 5.41) is 0. The minimum atomic E-state index is -3.77. The first-order valence-corrected chi connectivity index (χ1v) is 9.04. The van der Waals surface area contributed by atoms with Crippen LogP contribution in [0.1, 0.15) is 20.3 Å². The Morgan fingerprint density at radius 1 is 1.22 bits per heavy atom. The molecule has 0 N–H and O–H groups in total. The van der Waals surface area contributed by atoms with Crippen LogP contribution < -0.4 is 4.74 Å². The highest BCUT2D eigenvalue weighted by molar-refractivity contribution is 7.89. The van der Waals surface area contributed by atoms with Gasteiger partial charge in [-0.1, -0.05) is 6.92 Å². The number of hydrogen-bond donors (Lipinski definition) is 0. The molecule has 0 radical (unpaired) electrons. The Kier molecular flexibility index (Phi) is 5.59. The first-order valence-electron chi connectivity index (χ1n) is 7.60. The third-order valence-corrected chi connectivity index (χ3v) is 5.63. The molecule has 1 aliphatic rings. The van der Waals surface area contributed by atoms with Crippen LogP contribution in [0.5, 0.6) is 5.75 Å². The number of carbonyl (C=O) groups excluding carboxylic acids is 1. The summed E-state index contributed by atoms with van der Waals surface area (Å²) in [7, 11) is -3.77. The highest BCUT2D eigenvalue weighted by atomic mass is 32.2. The Hall–Kier alpha value is -1.67. The summed E-state index contributed by atoms with van der Waals surface area (Å²) >= 11 is 0. The molecule has 8 heteroatoms. The summed E-state index contributed by atoms with van der Waals surface area (Å²) < 4.78 is 45.4. The average molecular weight is 344 g/mol. The molecule has 2 rings (SSSR count). The minimum absolute atomic E-state index is 0.00848. The van der Waals surface area contributed by atoms with Crippen molar-refractivity contribution in [3.63, 3.8) is 0 Å². The zero-order valence-electron chi connectivity index (χ0n) is 13.3. The number of ether oxygens (including phenoxy) is 1. The van der Waals surface area contributed by atoms with Crippen molar-refractivity contribution in [3.8, 4) is 5.75 Å². The number of benzene rings is 1. The monoisotopic (exact) mass is 344 g/mol. The molecule has 0 saturated carbocycles. The standard InChI is InChI=1S/C15H21FN2O4S/c1-3-15(19)17-7-9-18(10-8-17)23(20,21)12-5-6-14(22-4-2)13(16)11-12/h5-6,11H,3-4,7-10H2,1-2H3. The van der Waals surface area contributed by atoms with Gasteiger partial charge < -0.3 is 9.64 Å². The van der Waals surface area contributed by atoms with Crippen molar-refractivity contribution in [1.29, 1.82) is 0 Å². The van der Waals surface area contributed by atoms with Gasteiger partial charge in [-0.25, -0.2) is 12.8 Å². The molecule has 1 aromatic carbocycles. The number of hydrogen-bond acceptors (Lipinski definition) is 4. The Balaban J connectivity index is 2.13. The molecule has 128 valence electrons. The Labute approximate surface area is 135 Å². The van der Waals surface area contributed by atoms with Crippen LogP contribution >= 0.6 is 0 Å². The molecule has 0 spiro atoms. The van der Waals surface area contributed by atoms with Gasteiger partial charge in [0.2, 0.25) is 15.9 Å². The molecule has 23 heavy (non-hydrogen) atoms. The maximum atomic E-state index is 13.9. The van der Waals surface area contributed by atoms with Crippen molar-refractivity contribution in [3.05, 3.63) is 24.0 Å². The molecule has 1 aromatic rings. The zero-order chi connectivity index (χ0) is 17.0. The predicted molar refractivity (Wildman–Crippen MR) is 83.2 cm³/mol. The van der Waals surface area contributed by atoms with Gasteiger partial charge in [0.25, 0.3) is 0 Å². The smallest absolute Gasteiger partial charge is 0.243 e. The highest BCUT2D eigenvalue weighted by Crippen LogP contribution is 2.24. The number of rotatable bonds is 5. The summed E-state index contributed by atoms with van der Waals surface area (Å²) in [6.45, 7) is 4.92. The fraction of sp³-hybridized carbons (Fsp3) is 0.533. The van der Waals surface area contributed by atoms with Crippen LogP contribution in [0.3, 0.4) is 0 Å². The number of amides is 1. The van der Waals surface area contributed by atoms with Crippen molar-refractivity contribution in [2.45, 2.75) is 25.2 Å². The van der Waals surface area contributed by atoms with Crippen LogP contribution in [0, 0.1) is 5.82 Å². The van der Waals surface area contributed by atoms with Crippen LogP contribution in [-0.4, -0.2) is 56.3 Å². The van der Waals surface area contributed by atoms with E-state index in [2.05, 4.69) is 0 Å². The lowest BCUT2D eigenvalue weighted by molar-refractivity contribution is -0.132. The van der Waals surface area contributed by atoms with E-state index in [0.717, 1.165) is 6.07 Å². The van der Waals surface area contributed by atoms with Crippen LogP contribution in [0.2, 0.25) is 0 Å². The second kappa shape index (κ2) is 7.27. The molecule has 6 nitrogen and oxygen atoms in total. The van der Waals surface area contributed by atoms with Crippen molar-refractivity contribution < 1.29 is 22.3 Å². The topological polar surface area (TPSA) is 66.9 Å². The van der Waals surface area contributed by atoms with Crippen LogP contribution in [0.4, 0.5) is 4.39 Å². The van der Waals surface area contributed by atoms with E-state index in [-0.39, 0.29) is 29.6 Å². The summed E-state index contributed by atoms with van der Waals surface area (Å²) in [5.41, 5.74) is 0. The van der Waals surface area contributed by atoms with Gasteiger partial charge in [0, 0.05) is 32.6 Å². The van der Waals surface area contributed by atoms with Gasteiger partial charge in [-0.2, -0.15) is 4.31 Å². The van der Waals surface area contributed by atoms with Gasteiger partial charge in [0.05, 0.1) is 11.5 Å². The number of halogens is 1. The van der Waals surface area contributed by atoms with Crippen molar-refractivity contribution in [2.75, 3.05) is 32.8 Å². The summed E-state index contributed by atoms with van der Waals surface area (Å²) in [6, 6.07) is 3.64. The Morgan fingerprint density at radius 3 is 2.39 bits per heavy atom. The van der Waals surface area contributed by atoms with Crippen LogP contribution in [0.15, 0.2) is 23.1 Å². The largest absolute Gasteiger partial charge is 0.491 e. The van der Waals surface area contributed by atoms with Crippen molar-refractivity contribution in [2.24, 2.45) is 0 Å². The number of piperazine rings is 1. The van der Waals surface area contributed by atoms with E-state index >= 15 is 0 Å². The molecule has 1 fully saturated rings. The summed E-state index contributed by atoms with van der Waals surface area (Å²) in [5.74, 6) is -0.660. The molecule has 0 aromatic heterocycles. The predicted octanol–water partition coefficient (Wildman–Crippen LogP) is 1.47. The van der Waals surface area contributed by atoms with Gasteiger partial charge in [-0.05, 0) is 25.1 Å². The Bertz CT molecular complexity index is 670. The third kappa shape index (κ3) is 3.81. The first-order chi connectivity index (χ1) is 10.9. The molecular weight excluding hydrogens is 323 g/mol. The maximum absolute atomic E-state index is 13.9. The van der Waals surface area contributed by atoms with Gasteiger partial charge in [0.1, 0.15) is 0 Å². The second-order valence-electron chi connectivity index (χ2n) is 5.16. The average Bonchev–Trinajstić information content (AvgIpc) is 2.56. The maximum Gasteiger partial charge on any atom is 0.243 e. The molecule has 1 amide bonds. The van der Waals surface area contributed by atoms with Crippen LogP contribution in [-0.2, 0) is 14.8 Å². The van der Waals surface area contributed by atoms with E-state index in [9.17, 15) is 17.6 Å². The van der Waals surface area contributed by atoms with E-state index in [1.165, 1.54) is 16.4 Å². The van der Waals surface area contributed by atoms with Gasteiger partial charge >= 0.3 is 0 Å². The number of carbonyl (C=O) groups is 1. The molecule has 0 unspecified atom stereocenters. The van der Waals surface area contributed by atoms with Crippen molar-refractivity contribution in [1.82, 2.24) is 9.21 Å². The van der Waals surface area contributed by atoms with E-state index in [4.69, 9.17) is 4.74 Å². The molecule has 1 aliphatic heterocycles. The minimum Gasteiger partial charge on any atom is -0.491 e. The highest BCUT2D eigenvalue weighted by Gasteiger charge is 2.30. The Morgan fingerprint density at radius 2 is 1.87 bits per heavy atom. The van der Waals surface area contributed by atoms with Gasteiger partial charge in [0.15, 0.2) is 11.6 Å².